The van der Waals surface area contributed by atoms with Gasteiger partial charge in [0.25, 0.3) is 0 Å². The van der Waals surface area contributed by atoms with Gasteiger partial charge in [-0.25, -0.2) is 4.98 Å². The number of para-hydroxylation sites is 2. The standard InChI is InChI=1S/C51H32N2O2/c1-3-13-33(14-4-1)41-19-9-11-21-46(41)53(39-30-25-35-24-23-34-15-7-8-18-40(34)43(35)31-39)38-28-26-36(27-29-38)48-49-44(42-20-10-12-22-47(42)54-49)32-45-50(48)55-51(52-45)37-16-5-2-6-17-37/h1-32H. The van der Waals surface area contributed by atoms with Crippen LogP contribution in [0.1, 0.15) is 0 Å². The van der Waals surface area contributed by atoms with Crippen molar-refractivity contribution in [1.29, 1.82) is 0 Å². The van der Waals surface area contributed by atoms with E-state index in [9.17, 15) is 0 Å². The average molecular weight is 705 g/mol. The molecule has 11 aromatic rings. The maximum Gasteiger partial charge on any atom is 0.227 e. The highest BCUT2D eigenvalue weighted by atomic mass is 16.4. The Bertz CT molecular complexity index is 3200. The van der Waals surface area contributed by atoms with Crippen LogP contribution < -0.4 is 4.90 Å². The molecule has 0 bridgehead atoms. The fourth-order valence-electron chi connectivity index (χ4n) is 8.07. The maximum absolute atomic E-state index is 6.62. The van der Waals surface area contributed by atoms with E-state index >= 15 is 0 Å². The van der Waals surface area contributed by atoms with Crippen LogP contribution in [0, 0.1) is 0 Å². The number of anilines is 3. The van der Waals surface area contributed by atoms with Crippen molar-refractivity contribution < 1.29 is 8.83 Å². The average Bonchev–Trinajstić information content (AvgIpc) is 3.85. The van der Waals surface area contributed by atoms with Crippen molar-refractivity contribution in [3.63, 3.8) is 0 Å². The third-order valence-corrected chi connectivity index (χ3v) is 10.7. The number of rotatable bonds is 6. The highest BCUT2D eigenvalue weighted by Crippen LogP contribution is 2.45. The van der Waals surface area contributed by atoms with E-state index in [0.29, 0.717) is 11.5 Å². The Balaban J connectivity index is 1.13. The van der Waals surface area contributed by atoms with Crippen molar-refractivity contribution in [1.82, 2.24) is 4.98 Å². The van der Waals surface area contributed by atoms with Crippen LogP contribution in [0.3, 0.4) is 0 Å². The molecule has 0 saturated heterocycles. The Hall–Kier alpha value is -7.43. The van der Waals surface area contributed by atoms with Gasteiger partial charge in [0, 0.05) is 33.3 Å². The topological polar surface area (TPSA) is 42.4 Å². The van der Waals surface area contributed by atoms with Crippen LogP contribution >= 0.6 is 0 Å². The lowest BCUT2D eigenvalue weighted by atomic mass is 9.98. The van der Waals surface area contributed by atoms with E-state index in [1.165, 1.54) is 21.5 Å². The quantitative estimate of drug-likeness (QED) is 0.162. The second-order valence-corrected chi connectivity index (χ2v) is 13.9. The molecule has 0 aliphatic heterocycles. The van der Waals surface area contributed by atoms with Crippen molar-refractivity contribution in [2.24, 2.45) is 0 Å². The van der Waals surface area contributed by atoms with Gasteiger partial charge in [0.05, 0.1) is 11.3 Å². The summed E-state index contributed by atoms with van der Waals surface area (Å²) >= 11 is 0. The zero-order valence-electron chi connectivity index (χ0n) is 29.7. The molecule has 55 heavy (non-hydrogen) atoms. The summed E-state index contributed by atoms with van der Waals surface area (Å²) in [6, 6.07) is 68.1. The first-order valence-corrected chi connectivity index (χ1v) is 18.5. The minimum atomic E-state index is 0.581. The van der Waals surface area contributed by atoms with Gasteiger partial charge < -0.3 is 13.7 Å². The highest BCUT2D eigenvalue weighted by Gasteiger charge is 2.23. The van der Waals surface area contributed by atoms with Crippen LogP contribution in [0.15, 0.2) is 203 Å². The van der Waals surface area contributed by atoms with E-state index in [0.717, 1.165) is 72.3 Å². The molecule has 0 aliphatic carbocycles. The number of oxazole rings is 1. The Morgan fingerprint density at radius 3 is 1.85 bits per heavy atom. The zero-order chi connectivity index (χ0) is 36.3. The van der Waals surface area contributed by atoms with Crippen LogP contribution in [0.25, 0.3) is 88.3 Å². The van der Waals surface area contributed by atoms with Gasteiger partial charge in [0.1, 0.15) is 16.7 Å². The molecule has 0 fully saturated rings. The minimum Gasteiger partial charge on any atom is -0.455 e. The number of furan rings is 1. The lowest BCUT2D eigenvalue weighted by Gasteiger charge is -2.28. The smallest absolute Gasteiger partial charge is 0.227 e. The molecule has 2 aromatic heterocycles. The summed E-state index contributed by atoms with van der Waals surface area (Å²) < 4.78 is 13.2. The van der Waals surface area contributed by atoms with Crippen LogP contribution in [0.2, 0.25) is 0 Å². The fraction of sp³-hybridized carbons (Fsp3) is 0. The van der Waals surface area contributed by atoms with E-state index in [1.807, 2.05) is 48.5 Å². The summed E-state index contributed by atoms with van der Waals surface area (Å²) in [5.41, 5.74) is 11.4. The van der Waals surface area contributed by atoms with Crippen LogP contribution in [-0.2, 0) is 0 Å². The molecule has 0 aliphatic rings. The molecule has 0 atom stereocenters. The van der Waals surface area contributed by atoms with E-state index in [4.69, 9.17) is 13.8 Å². The van der Waals surface area contributed by atoms with Crippen molar-refractivity contribution >= 4 is 71.6 Å². The summed E-state index contributed by atoms with van der Waals surface area (Å²) in [4.78, 5) is 7.37. The first-order valence-electron chi connectivity index (χ1n) is 18.5. The Morgan fingerprint density at radius 2 is 1.04 bits per heavy atom. The second-order valence-electron chi connectivity index (χ2n) is 13.9. The molecule has 0 saturated carbocycles. The number of benzene rings is 9. The van der Waals surface area contributed by atoms with E-state index in [2.05, 4.69) is 150 Å². The Kier molecular flexibility index (Phi) is 7.14. The van der Waals surface area contributed by atoms with Gasteiger partial charge in [-0.1, -0.05) is 140 Å². The van der Waals surface area contributed by atoms with Crippen LogP contribution in [0.5, 0.6) is 0 Å². The van der Waals surface area contributed by atoms with E-state index in [-0.39, 0.29) is 0 Å². The van der Waals surface area contributed by atoms with Crippen molar-refractivity contribution in [3.05, 3.63) is 194 Å². The third-order valence-electron chi connectivity index (χ3n) is 10.7. The van der Waals surface area contributed by atoms with Gasteiger partial charge in [-0.2, -0.15) is 0 Å². The fourth-order valence-corrected chi connectivity index (χ4v) is 8.07. The molecule has 258 valence electrons. The number of hydrogen-bond acceptors (Lipinski definition) is 4. The first-order chi connectivity index (χ1) is 27.3. The predicted octanol–water partition coefficient (Wildman–Crippen LogP) is 14.5. The van der Waals surface area contributed by atoms with Gasteiger partial charge in [-0.15, -0.1) is 0 Å². The van der Waals surface area contributed by atoms with Crippen molar-refractivity contribution in [2.75, 3.05) is 4.90 Å². The summed E-state index contributed by atoms with van der Waals surface area (Å²) in [5.74, 6) is 0.581. The number of hydrogen-bond donors (Lipinski definition) is 0. The van der Waals surface area contributed by atoms with Crippen LogP contribution in [-0.4, -0.2) is 4.98 Å². The first kappa shape index (κ1) is 31.1. The predicted molar refractivity (Wildman–Crippen MR) is 227 cm³/mol. The molecule has 0 radical (unpaired) electrons. The Morgan fingerprint density at radius 1 is 0.400 bits per heavy atom. The molecule has 9 aromatic carbocycles. The largest absolute Gasteiger partial charge is 0.455 e. The van der Waals surface area contributed by atoms with Crippen LogP contribution in [0.4, 0.5) is 17.1 Å². The molecule has 0 unspecified atom stereocenters. The second kappa shape index (κ2) is 12.6. The van der Waals surface area contributed by atoms with Gasteiger partial charge >= 0.3 is 0 Å². The molecule has 0 spiro atoms. The third kappa shape index (κ3) is 5.19. The monoisotopic (exact) mass is 704 g/mol. The molecular weight excluding hydrogens is 673 g/mol. The molecular formula is C51H32N2O2. The molecule has 0 N–H and O–H groups in total. The zero-order valence-corrected chi connectivity index (χ0v) is 29.7. The molecule has 4 nitrogen and oxygen atoms in total. The molecule has 0 amide bonds. The normalized spacial score (nSPS) is 11.6. The van der Waals surface area contributed by atoms with Gasteiger partial charge in [-0.3, -0.25) is 0 Å². The molecule has 4 heteroatoms. The lowest BCUT2D eigenvalue weighted by molar-refractivity contribution is 0.619. The van der Waals surface area contributed by atoms with Crippen molar-refractivity contribution in [3.8, 4) is 33.7 Å². The summed E-state index contributed by atoms with van der Waals surface area (Å²) in [6.45, 7) is 0. The lowest BCUT2D eigenvalue weighted by Crippen LogP contribution is -2.11. The van der Waals surface area contributed by atoms with Gasteiger partial charge in [-0.05, 0) is 87.3 Å². The van der Waals surface area contributed by atoms with Gasteiger partial charge in [0.15, 0.2) is 5.58 Å². The van der Waals surface area contributed by atoms with E-state index < -0.39 is 0 Å². The highest BCUT2D eigenvalue weighted by molar-refractivity contribution is 6.17. The number of aromatic nitrogens is 1. The van der Waals surface area contributed by atoms with Gasteiger partial charge in [0.2, 0.25) is 5.89 Å². The molecule has 11 rings (SSSR count). The summed E-state index contributed by atoms with van der Waals surface area (Å²) in [7, 11) is 0. The SMILES string of the molecule is c1ccc(-c2nc3cc4c(oc5ccccc54)c(-c4ccc(N(c5ccc6ccc7ccccc7c6c5)c5ccccc5-c5ccccc5)cc4)c3o2)cc1. The summed E-state index contributed by atoms with van der Waals surface area (Å²) in [5, 5.41) is 6.94. The number of fused-ring (bicyclic) bond motifs is 7. The van der Waals surface area contributed by atoms with Crippen molar-refractivity contribution in [2.45, 2.75) is 0 Å². The van der Waals surface area contributed by atoms with E-state index in [1.54, 1.807) is 0 Å². The number of nitrogens with zero attached hydrogens (tertiary/aromatic N) is 2. The Labute approximate surface area is 317 Å². The maximum atomic E-state index is 6.62. The minimum absolute atomic E-state index is 0.581. The summed E-state index contributed by atoms with van der Waals surface area (Å²) in [6.07, 6.45) is 0. The molecule has 2 heterocycles.